The van der Waals surface area contributed by atoms with Crippen LogP contribution in [0.4, 0.5) is 0 Å². The second kappa shape index (κ2) is 13.4. The molecule has 0 bridgehead atoms. The predicted molar refractivity (Wildman–Crippen MR) is 182 cm³/mol. The largest absolute Gasteiger partial charge is 0.340 e. The number of halogens is 1. The molecule has 2 amide bonds. The molecule has 242 valence electrons. The van der Waals surface area contributed by atoms with Crippen molar-refractivity contribution in [2.24, 2.45) is 17.6 Å². The van der Waals surface area contributed by atoms with Gasteiger partial charge in [0.2, 0.25) is 11.8 Å². The van der Waals surface area contributed by atoms with E-state index in [1.54, 1.807) is 0 Å². The van der Waals surface area contributed by atoms with Crippen LogP contribution in [0, 0.1) is 11.8 Å². The van der Waals surface area contributed by atoms with Crippen LogP contribution >= 0.6 is 11.6 Å². The van der Waals surface area contributed by atoms with Gasteiger partial charge in [0, 0.05) is 25.1 Å². The van der Waals surface area contributed by atoms with Crippen molar-refractivity contribution in [1.82, 2.24) is 29.7 Å². The van der Waals surface area contributed by atoms with Crippen molar-refractivity contribution in [2.75, 3.05) is 13.1 Å². The number of imidazole rings is 2. The van der Waals surface area contributed by atoms with Gasteiger partial charge in [0.25, 0.3) is 0 Å². The van der Waals surface area contributed by atoms with E-state index >= 15 is 0 Å². The van der Waals surface area contributed by atoms with Gasteiger partial charge in [0.1, 0.15) is 22.5 Å². The van der Waals surface area contributed by atoms with Crippen LogP contribution in [0.25, 0.3) is 33.6 Å². The highest BCUT2D eigenvalue weighted by molar-refractivity contribution is 6.31. The number of hydrogen-bond donors (Lipinski definition) is 3. The van der Waals surface area contributed by atoms with Crippen LogP contribution in [0.2, 0.25) is 5.15 Å². The van der Waals surface area contributed by atoms with Crippen LogP contribution in [0.3, 0.4) is 0 Å². The highest BCUT2D eigenvalue weighted by atomic mass is 35.5. The highest BCUT2D eigenvalue weighted by Crippen LogP contribution is 2.36. The van der Waals surface area contributed by atoms with Crippen molar-refractivity contribution in [1.29, 1.82) is 0 Å². The molecule has 4 N–H and O–H groups in total. The third-order valence-corrected chi connectivity index (χ3v) is 9.56. The number of aromatic amines is 2. The summed E-state index contributed by atoms with van der Waals surface area (Å²) in [6.07, 6.45) is 6.05. The summed E-state index contributed by atoms with van der Waals surface area (Å²) in [5.74, 6) is 2.14. The summed E-state index contributed by atoms with van der Waals surface area (Å²) in [5.41, 5.74) is 11.9. The molecule has 2 aromatic carbocycles. The number of likely N-dealkylation sites (tertiary alicyclic amines) is 2. The van der Waals surface area contributed by atoms with Crippen LogP contribution in [0.5, 0.6) is 0 Å². The number of rotatable bonds is 9. The van der Waals surface area contributed by atoms with Gasteiger partial charge in [-0.3, -0.25) is 9.59 Å². The zero-order chi connectivity index (χ0) is 32.5. The Labute approximate surface area is 276 Å². The second-order valence-corrected chi connectivity index (χ2v) is 13.8. The molecule has 0 saturated carbocycles. The topological polar surface area (TPSA) is 124 Å². The van der Waals surface area contributed by atoms with E-state index in [0.717, 1.165) is 71.8 Å². The van der Waals surface area contributed by atoms with Crippen molar-refractivity contribution in [3.05, 3.63) is 71.5 Å². The van der Waals surface area contributed by atoms with Gasteiger partial charge in [-0.1, -0.05) is 87.8 Å². The number of nitrogens with one attached hydrogen (secondary N) is 2. The lowest BCUT2D eigenvalue weighted by molar-refractivity contribution is -0.135. The average Bonchev–Trinajstić information content (AvgIpc) is 3.86. The van der Waals surface area contributed by atoms with Gasteiger partial charge < -0.3 is 25.5 Å². The second-order valence-electron chi connectivity index (χ2n) is 13.4. The van der Waals surface area contributed by atoms with Crippen LogP contribution in [-0.4, -0.2) is 60.7 Å². The maximum atomic E-state index is 13.0. The minimum atomic E-state index is -0.500. The molecule has 10 heteroatoms. The number of amides is 2. The average molecular weight is 642 g/mol. The van der Waals surface area contributed by atoms with Crippen molar-refractivity contribution < 1.29 is 9.59 Å². The Morgan fingerprint density at radius 1 is 0.848 bits per heavy atom. The van der Waals surface area contributed by atoms with Gasteiger partial charge in [0.05, 0.1) is 30.0 Å². The van der Waals surface area contributed by atoms with E-state index in [0.29, 0.717) is 29.7 Å². The summed E-state index contributed by atoms with van der Waals surface area (Å²) in [4.78, 5) is 45.9. The van der Waals surface area contributed by atoms with E-state index in [-0.39, 0.29) is 29.8 Å². The molecule has 0 radical (unpaired) electrons. The molecule has 2 saturated heterocycles. The Balaban J connectivity index is 1.14. The first-order chi connectivity index (χ1) is 22.1. The van der Waals surface area contributed by atoms with Gasteiger partial charge in [-0.25, -0.2) is 9.97 Å². The van der Waals surface area contributed by atoms with Crippen molar-refractivity contribution in [3.8, 4) is 33.6 Å². The molecule has 2 aromatic heterocycles. The first kappa shape index (κ1) is 32.0. The standard InChI is InChI=1S/C36H44ClN7O2/c1-21(2)19-30(45)43-17-5-8-29(43)35-41-32(33(37)42-35)26-15-11-24(12-16-26)23-9-13-25(14-10-23)27-20-39-34(40-27)28-7-6-18-44(28)36(46)31(38)22(3)4/h9-16,20-22,28-29,31H,5-8,17-19,38H2,1-4H3,(H,39,40)(H,41,42)/t28-,29-,31-/m0/s1. The van der Waals surface area contributed by atoms with E-state index in [1.807, 2.05) is 42.0 Å². The first-order valence-electron chi connectivity index (χ1n) is 16.5. The van der Waals surface area contributed by atoms with E-state index in [9.17, 15) is 9.59 Å². The molecular weight excluding hydrogens is 598 g/mol. The van der Waals surface area contributed by atoms with Crippen molar-refractivity contribution in [3.63, 3.8) is 0 Å². The summed E-state index contributed by atoms with van der Waals surface area (Å²) >= 11 is 6.64. The fraction of sp³-hybridized carbons (Fsp3) is 0.444. The smallest absolute Gasteiger partial charge is 0.240 e. The minimum absolute atomic E-state index is 0.00475. The summed E-state index contributed by atoms with van der Waals surface area (Å²) in [5, 5.41) is 0.488. The third-order valence-electron chi connectivity index (χ3n) is 9.29. The number of H-pyrrole nitrogens is 2. The maximum absolute atomic E-state index is 13.0. The lowest BCUT2D eigenvalue weighted by atomic mass is 10.0. The molecular formula is C36H44ClN7O2. The third kappa shape index (κ3) is 6.48. The summed E-state index contributed by atoms with van der Waals surface area (Å²) in [6.45, 7) is 9.55. The number of nitrogens with two attached hydrogens (primary N) is 1. The Hall–Kier alpha value is -3.95. The SMILES string of the molecule is CC(C)CC(=O)N1CCC[C@H]1c1nc(-c2ccc(-c3ccc(-c4cnc([C@@H]5CCCN5C(=O)[C@@H](N)C(C)C)[nH]4)cc3)cc2)c(Cl)[nH]1. The summed E-state index contributed by atoms with van der Waals surface area (Å²) in [6, 6.07) is 15.9. The lowest BCUT2D eigenvalue weighted by Crippen LogP contribution is -2.46. The lowest BCUT2D eigenvalue weighted by Gasteiger charge is -2.27. The van der Waals surface area contributed by atoms with Crippen LogP contribution < -0.4 is 5.73 Å². The Morgan fingerprint density at radius 3 is 2.02 bits per heavy atom. The normalized spacial score (nSPS) is 19.0. The number of hydrogen-bond acceptors (Lipinski definition) is 5. The van der Waals surface area contributed by atoms with Crippen molar-refractivity contribution >= 4 is 23.4 Å². The van der Waals surface area contributed by atoms with Gasteiger partial charge >= 0.3 is 0 Å². The fourth-order valence-corrected chi connectivity index (χ4v) is 6.89. The number of carbonyl (C=O) groups excluding carboxylic acids is 2. The van der Waals surface area contributed by atoms with E-state index < -0.39 is 6.04 Å². The molecule has 0 aliphatic carbocycles. The Bertz CT molecular complexity index is 1680. The quantitative estimate of drug-likeness (QED) is 0.179. The monoisotopic (exact) mass is 641 g/mol. The molecule has 2 aliphatic heterocycles. The van der Waals surface area contributed by atoms with Gasteiger partial charge in [0.15, 0.2) is 0 Å². The number of nitrogens with zero attached hydrogens (tertiary/aromatic N) is 4. The molecule has 46 heavy (non-hydrogen) atoms. The highest BCUT2D eigenvalue weighted by Gasteiger charge is 2.35. The molecule has 4 heterocycles. The Morgan fingerprint density at radius 2 is 1.41 bits per heavy atom. The van der Waals surface area contributed by atoms with E-state index in [1.165, 1.54) is 0 Å². The number of aromatic nitrogens is 4. The van der Waals surface area contributed by atoms with E-state index in [2.05, 4.69) is 65.2 Å². The van der Waals surface area contributed by atoms with E-state index in [4.69, 9.17) is 22.3 Å². The fourth-order valence-electron chi connectivity index (χ4n) is 6.64. The molecule has 6 rings (SSSR count). The molecule has 0 unspecified atom stereocenters. The van der Waals surface area contributed by atoms with Crippen LogP contribution in [-0.2, 0) is 9.59 Å². The zero-order valence-electron chi connectivity index (χ0n) is 27.1. The minimum Gasteiger partial charge on any atom is -0.340 e. The summed E-state index contributed by atoms with van der Waals surface area (Å²) in [7, 11) is 0. The van der Waals surface area contributed by atoms with Crippen LogP contribution in [0.1, 0.15) is 83.5 Å². The number of carbonyl (C=O) groups is 2. The molecule has 0 spiro atoms. The summed E-state index contributed by atoms with van der Waals surface area (Å²) < 4.78 is 0. The van der Waals surface area contributed by atoms with Crippen LogP contribution in [0.15, 0.2) is 54.7 Å². The molecule has 3 atom stereocenters. The van der Waals surface area contributed by atoms with Gasteiger partial charge in [-0.05, 0) is 54.2 Å². The molecule has 4 aromatic rings. The Kier molecular flexibility index (Phi) is 9.34. The van der Waals surface area contributed by atoms with Gasteiger partial charge in [-0.15, -0.1) is 0 Å². The maximum Gasteiger partial charge on any atom is 0.240 e. The zero-order valence-corrected chi connectivity index (χ0v) is 27.8. The van der Waals surface area contributed by atoms with Crippen molar-refractivity contribution in [2.45, 2.75) is 77.9 Å². The number of benzene rings is 2. The molecule has 2 fully saturated rings. The van der Waals surface area contributed by atoms with Gasteiger partial charge in [-0.2, -0.15) is 0 Å². The predicted octanol–water partition coefficient (Wildman–Crippen LogP) is 7.14. The molecule has 9 nitrogen and oxygen atoms in total. The molecule has 2 aliphatic rings. The first-order valence-corrected chi connectivity index (χ1v) is 16.9.